The molecule has 0 fully saturated rings. The molecule has 46 valence electrons. The maximum Gasteiger partial charge on any atom is 0.266 e. The van der Waals surface area contributed by atoms with Gasteiger partial charge in [-0.2, -0.15) is 5.10 Å². The number of amides is 1. The number of hydrogen-bond donors (Lipinski definition) is 2. The fourth-order valence-electron chi connectivity index (χ4n) is 0.393. The summed E-state index contributed by atoms with van der Waals surface area (Å²) >= 11 is 0. The summed E-state index contributed by atoms with van der Waals surface area (Å²) in [6, 6.07) is 1.52. The van der Waals surface area contributed by atoms with Gasteiger partial charge >= 0.3 is 0 Å². The fourth-order valence-corrected chi connectivity index (χ4v) is 0.393. The predicted octanol–water partition coefficient (Wildman–Crippen LogP) is 0.000600. The minimum atomic E-state index is -0.484. The van der Waals surface area contributed by atoms with Crippen molar-refractivity contribution in [2.24, 2.45) is 5.73 Å². The minimum Gasteiger partial charge on any atom is -0.364 e. The monoisotopic (exact) mass is 115 g/mol. The van der Waals surface area contributed by atoms with Gasteiger partial charge < -0.3 is 5.73 Å². The quantitative estimate of drug-likeness (QED) is 0.540. The fraction of sp³-hybridized carbons (Fsp3) is 0. The highest BCUT2D eigenvalue weighted by atomic mass is 16.1. The largest absolute Gasteiger partial charge is 0.364 e. The molecule has 1 heterocycles. The van der Waals surface area contributed by atoms with Gasteiger partial charge in [0.2, 0.25) is 0 Å². The molecule has 1 amide bonds. The van der Waals surface area contributed by atoms with Gasteiger partial charge in [-0.25, -0.2) is 0 Å². The molecule has 0 saturated carbocycles. The number of aromatic amines is 1. The lowest BCUT2D eigenvalue weighted by molar-refractivity contribution is 0.0995. The third kappa shape index (κ3) is 0.676. The number of rotatable bonds is 1. The van der Waals surface area contributed by atoms with E-state index < -0.39 is 5.91 Å². The number of aromatic nitrogens is 2. The molecule has 0 aliphatic carbocycles. The molecule has 0 unspecified atom stereocenters. The highest BCUT2D eigenvalue weighted by Crippen LogP contribution is 1.85. The molecule has 8 heavy (non-hydrogen) atoms. The molecule has 0 aliphatic rings. The molecule has 0 radical (unpaired) electrons. The zero-order chi connectivity index (χ0) is 5.98. The molecule has 4 nitrogen and oxygen atoms in total. The zero-order valence-corrected chi connectivity index (χ0v) is 4.09. The van der Waals surface area contributed by atoms with Crippen LogP contribution in [0, 0.1) is 0 Å². The molecule has 4 heteroatoms. The molecule has 0 spiro atoms. The Morgan fingerprint density at radius 1 is 2.00 bits per heavy atom. The van der Waals surface area contributed by atoms with Crippen molar-refractivity contribution in [1.29, 1.82) is 0 Å². The summed E-state index contributed by atoms with van der Waals surface area (Å²) in [5, 5.41) is 5.93. The van der Waals surface area contributed by atoms with E-state index in [9.17, 15) is 4.79 Å². The van der Waals surface area contributed by atoms with Crippen molar-refractivity contribution in [3.8, 4) is 0 Å². The Morgan fingerprint density at radius 2 is 2.75 bits per heavy atom. The van der Waals surface area contributed by atoms with Crippen molar-refractivity contribution in [3.63, 3.8) is 0 Å². The van der Waals surface area contributed by atoms with Crippen molar-refractivity contribution >= 4 is 5.91 Å². The molecule has 0 aromatic carbocycles. The Balaban J connectivity index is 0. The highest BCUT2D eigenvalue weighted by molar-refractivity contribution is 5.90. The third-order valence-electron chi connectivity index (χ3n) is 0.766. The maximum absolute atomic E-state index is 10.2. The van der Waals surface area contributed by atoms with Crippen molar-refractivity contribution in [2.75, 3.05) is 0 Å². The second kappa shape index (κ2) is 1.65. The first kappa shape index (κ1) is 4.83. The van der Waals surface area contributed by atoms with Crippen LogP contribution in [0.15, 0.2) is 12.3 Å². The number of primary amides is 1. The minimum absolute atomic E-state index is 0. The van der Waals surface area contributed by atoms with E-state index in [2.05, 4.69) is 10.2 Å². The lowest BCUT2D eigenvalue weighted by Crippen LogP contribution is -2.10. The summed E-state index contributed by atoms with van der Waals surface area (Å²) in [4.78, 5) is 10.2. The van der Waals surface area contributed by atoms with E-state index >= 15 is 0 Å². The van der Waals surface area contributed by atoms with E-state index in [0.717, 1.165) is 0 Å². The number of H-pyrrole nitrogens is 1. The normalized spacial score (nSPS) is 9.00. The Kier molecular flexibility index (Phi) is 0.997. The van der Waals surface area contributed by atoms with E-state index in [-0.39, 0.29) is 2.85 Å². The molecular formula is C4H9N3O. The number of hydrogen-bond acceptors (Lipinski definition) is 2. The summed E-state index contributed by atoms with van der Waals surface area (Å²) in [6.07, 6.45) is 1.47. The average molecular weight is 115 g/mol. The Morgan fingerprint density at radius 3 is 3.00 bits per heavy atom. The van der Waals surface area contributed by atoms with E-state index in [1.54, 1.807) is 0 Å². The van der Waals surface area contributed by atoms with Crippen LogP contribution in [0.1, 0.15) is 13.3 Å². The van der Waals surface area contributed by atoms with Crippen LogP contribution in [0.5, 0.6) is 0 Å². The van der Waals surface area contributed by atoms with Crippen LogP contribution in [0.25, 0.3) is 0 Å². The van der Waals surface area contributed by atoms with Gasteiger partial charge in [0.25, 0.3) is 5.91 Å². The Labute approximate surface area is 48.7 Å². The second-order valence-corrected chi connectivity index (χ2v) is 1.33. The van der Waals surface area contributed by atoms with Crippen LogP contribution in [-0.4, -0.2) is 16.1 Å². The van der Waals surface area contributed by atoms with E-state index in [0.29, 0.717) is 5.69 Å². The van der Waals surface area contributed by atoms with Crippen molar-refractivity contribution in [2.45, 2.75) is 0 Å². The number of nitrogens with zero attached hydrogens (tertiary/aromatic N) is 1. The van der Waals surface area contributed by atoms with Gasteiger partial charge in [-0.05, 0) is 6.07 Å². The third-order valence-corrected chi connectivity index (χ3v) is 0.766. The van der Waals surface area contributed by atoms with Gasteiger partial charge in [0.05, 0.1) is 0 Å². The lowest BCUT2D eigenvalue weighted by atomic mass is 10.4. The molecule has 1 aromatic heterocycles. The molecule has 0 atom stereocenters. The van der Waals surface area contributed by atoms with Crippen molar-refractivity contribution < 1.29 is 7.65 Å². The smallest absolute Gasteiger partial charge is 0.266 e. The van der Waals surface area contributed by atoms with Crippen LogP contribution >= 0.6 is 0 Å². The summed E-state index contributed by atoms with van der Waals surface area (Å²) in [7, 11) is 0. The molecule has 0 bridgehead atoms. The highest BCUT2D eigenvalue weighted by Gasteiger charge is 1.96. The molecule has 0 aliphatic heterocycles. The van der Waals surface area contributed by atoms with Gasteiger partial charge in [-0.15, -0.1) is 0 Å². The molecule has 3 N–H and O–H groups in total. The maximum atomic E-state index is 10.2. The average Bonchev–Trinajstić information content (AvgIpc) is 2.12. The first-order valence-electron chi connectivity index (χ1n) is 2.10. The van der Waals surface area contributed by atoms with Crippen molar-refractivity contribution in [3.05, 3.63) is 18.0 Å². The Bertz CT molecular complexity index is 186. The standard InChI is InChI=1S/C4H5N3O.2H2/c5-4(8)3-1-2-6-7-3;;/h1-2H,(H2,5,8)(H,6,7);2*1H. The zero-order valence-electron chi connectivity index (χ0n) is 4.09. The predicted molar refractivity (Wildman–Crippen MR) is 31.3 cm³/mol. The summed E-state index contributed by atoms with van der Waals surface area (Å²) in [6.45, 7) is 0. The van der Waals surface area contributed by atoms with E-state index in [4.69, 9.17) is 5.73 Å². The van der Waals surface area contributed by atoms with Crippen LogP contribution in [-0.2, 0) is 0 Å². The Hall–Kier alpha value is -1.32. The lowest BCUT2D eigenvalue weighted by Gasteiger charge is -1.80. The van der Waals surface area contributed by atoms with Gasteiger partial charge in [-0.3, -0.25) is 9.89 Å². The van der Waals surface area contributed by atoms with Crippen LogP contribution in [0.2, 0.25) is 0 Å². The molecule has 1 rings (SSSR count). The van der Waals surface area contributed by atoms with Gasteiger partial charge in [0.15, 0.2) is 0 Å². The number of nitrogens with one attached hydrogen (secondary N) is 1. The first-order chi connectivity index (χ1) is 3.80. The van der Waals surface area contributed by atoms with Gasteiger partial charge in [-0.1, -0.05) is 0 Å². The molecular weight excluding hydrogens is 106 g/mol. The first-order valence-corrected chi connectivity index (χ1v) is 2.10. The van der Waals surface area contributed by atoms with Gasteiger partial charge in [0.1, 0.15) is 5.69 Å². The molecule has 1 aromatic rings. The van der Waals surface area contributed by atoms with Crippen molar-refractivity contribution in [1.82, 2.24) is 10.2 Å². The van der Waals surface area contributed by atoms with Crippen LogP contribution in [0.3, 0.4) is 0 Å². The topological polar surface area (TPSA) is 71.8 Å². The summed E-state index contributed by atoms with van der Waals surface area (Å²) in [5.41, 5.74) is 5.19. The number of nitrogens with two attached hydrogens (primary N) is 1. The van der Waals surface area contributed by atoms with Crippen LogP contribution < -0.4 is 5.73 Å². The summed E-state index contributed by atoms with van der Waals surface area (Å²) in [5.74, 6) is -0.484. The van der Waals surface area contributed by atoms with Gasteiger partial charge in [0, 0.05) is 9.05 Å². The van der Waals surface area contributed by atoms with E-state index in [1.165, 1.54) is 12.3 Å². The molecule has 0 saturated heterocycles. The summed E-state index contributed by atoms with van der Waals surface area (Å²) < 4.78 is 0. The number of carbonyl (C=O) groups excluding carboxylic acids is 1. The van der Waals surface area contributed by atoms with Crippen LogP contribution in [0.4, 0.5) is 0 Å². The SMILES string of the molecule is NC(=O)c1ccn[nH]1.[HH].[HH]. The van der Waals surface area contributed by atoms with E-state index in [1.807, 2.05) is 0 Å². The number of carbonyl (C=O) groups is 1. The second-order valence-electron chi connectivity index (χ2n) is 1.33.